The number of nitrogens with zero attached hydrogens (tertiary/aromatic N) is 3. The molecule has 0 spiro atoms. The van der Waals surface area contributed by atoms with Gasteiger partial charge in [-0.25, -0.2) is 0 Å². The summed E-state index contributed by atoms with van der Waals surface area (Å²) >= 11 is 0.899. The van der Waals surface area contributed by atoms with Gasteiger partial charge in [-0.2, -0.15) is 0 Å². The first-order valence-electron chi connectivity index (χ1n) is 9.19. The summed E-state index contributed by atoms with van der Waals surface area (Å²) in [5.41, 5.74) is 2.17. The Morgan fingerprint density at radius 2 is 1.67 bits per heavy atom. The highest BCUT2D eigenvalue weighted by atomic mass is 32.2. The minimum atomic E-state index is -0.409. The Hall–Kier alpha value is -3.65. The maximum Gasteiger partial charge on any atom is 0.293 e. The first-order valence-corrected chi connectivity index (χ1v) is 10.0. The summed E-state index contributed by atoms with van der Waals surface area (Å²) in [6.07, 6.45) is 3.45. The molecule has 0 radical (unpaired) electrons. The molecule has 2 amide bonds. The number of imide groups is 1. The standard InChI is InChI=1S/C22H17N3O4S/c26-21-20(30-22(27)24(21)14-16-7-2-1-3-8-16)13-18-10-6-12-23(18)15-17-9-4-5-11-19(17)25(28)29/h1-13H,14-15H2/b20-13+. The van der Waals surface area contributed by atoms with Crippen LogP contribution in [0.15, 0.2) is 77.8 Å². The predicted molar refractivity (Wildman–Crippen MR) is 115 cm³/mol. The van der Waals surface area contributed by atoms with Crippen molar-refractivity contribution in [3.8, 4) is 0 Å². The highest BCUT2D eigenvalue weighted by molar-refractivity contribution is 8.18. The summed E-state index contributed by atoms with van der Waals surface area (Å²) in [5, 5.41) is 11.0. The van der Waals surface area contributed by atoms with Gasteiger partial charge >= 0.3 is 0 Å². The van der Waals surface area contributed by atoms with Crippen molar-refractivity contribution in [3.05, 3.63) is 105 Å². The summed E-state index contributed by atoms with van der Waals surface area (Å²) in [4.78, 5) is 37.6. The van der Waals surface area contributed by atoms with Gasteiger partial charge in [-0.05, 0) is 35.5 Å². The molecule has 3 aromatic rings. The van der Waals surface area contributed by atoms with E-state index >= 15 is 0 Å². The first-order chi connectivity index (χ1) is 14.5. The van der Waals surface area contributed by atoms with Crippen LogP contribution >= 0.6 is 11.8 Å². The third-order valence-corrected chi connectivity index (χ3v) is 5.64. The quantitative estimate of drug-likeness (QED) is 0.329. The van der Waals surface area contributed by atoms with E-state index in [4.69, 9.17) is 0 Å². The molecule has 1 saturated heterocycles. The van der Waals surface area contributed by atoms with Gasteiger partial charge in [0.2, 0.25) is 0 Å². The zero-order valence-electron chi connectivity index (χ0n) is 15.8. The molecule has 2 aromatic carbocycles. The molecule has 0 aliphatic carbocycles. The lowest BCUT2D eigenvalue weighted by atomic mass is 10.2. The lowest BCUT2D eigenvalue weighted by molar-refractivity contribution is -0.385. The van der Waals surface area contributed by atoms with E-state index < -0.39 is 4.92 Å². The number of rotatable bonds is 6. The van der Waals surface area contributed by atoms with E-state index in [2.05, 4.69) is 0 Å². The molecule has 0 bridgehead atoms. The number of thioether (sulfide) groups is 1. The molecule has 30 heavy (non-hydrogen) atoms. The summed E-state index contributed by atoms with van der Waals surface area (Å²) in [7, 11) is 0. The van der Waals surface area contributed by atoms with Gasteiger partial charge in [0, 0.05) is 23.5 Å². The van der Waals surface area contributed by atoms with Crippen LogP contribution in [-0.2, 0) is 17.9 Å². The highest BCUT2D eigenvalue weighted by Crippen LogP contribution is 2.33. The number of hydrogen-bond acceptors (Lipinski definition) is 5. The largest absolute Gasteiger partial charge is 0.343 e. The van der Waals surface area contributed by atoms with E-state index in [9.17, 15) is 19.7 Å². The summed E-state index contributed by atoms with van der Waals surface area (Å²) in [6, 6.07) is 19.5. The van der Waals surface area contributed by atoms with E-state index in [0.29, 0.717) is 16.2 Å². The van der Waals surface area contributed by atoms with E-state index in [0.717, 1.165) is 17.3 Å². The van der Waals surface area contributed by atoms with Gasteiger partial charge in [0.1, 0.15) is 0 Å². The van der Waals surface area contributed by atoms with Crippen LogP contribution in [0.3, 0.4) is 0 Å². The van der Waals surface area contributed by atoms with Crippen LogP contribution in [0, 0.1) is 10.1 Å². The molecule has 1 fully saturated rings. The van der Waals surface area contributed by atoms with Crippen molar-refractivity contribution in [2.24, 2.45) is 0 Å². The number of para-hydroxylation sites is 1. The van der Waals surface area contributed by atoms with Crippen LogP contribution in [0.1, 0.15) is 16.8 Å². The van der Waals surface area contributed by atoms with Crippen molar-refractivity contribution in [1.29, 1.82) is 0 Å². The monoisotopic (exact) mass is 419 g/mol. The normalized spacial score (nSPS) is 15.2. The summed E-state index contributed by atoms with van der Waals surface area (Å²) < 4.78 is 1.81. The van der Waals surface area contributed by atoms with Crippen LogP contribution in [0.2, 0.25) is 0 Å². The topological polar surface area (TPSA) is 85.5 Å². The van der Waals surface area contributed by atoms with Crippen molar-refractivity contribution in [3.63, 3.8) is 0 Å². The SMILES string of the molecule is O=C1S/C(=C/c2cccn2Cc2ccccc2[N+](=O)[O-])C(=O)N1Cc1ccccc1. The number of carbonyl (C=O) groups excluding carboxylic acids is 2. The van der Waals surface area contributed by atoms with Crippen molar-refractivity contribution < 1.29 is 14.5 Å². The number of aromatic nitrogens is 1. The summed E-state index contributed by atoms with van der Waals surface area (Å²) in [5.74, 6) is -0.340. The Kier molecular flexibility index (Phi) is 5.49. The van der Waals surface area contributed by atoms with Gasteiger partial charge in [-0.3, -0.25) is 24.6 Å². The first kappa shape index (κ1) is 19.7. The van der Waals surface area contributed by atoms with Gasteiger partial charge in [0.25, 0.3) is 16.8 Å². The molecule has 0 N–H and O–H groups in total. The molecule has 1 aromatic heterocycles. The van der Waals surface area contributed by atoms with Crippen molar-refractivity contribution in [2.75, 3.05) is 0 Å². The minimum absolute atomic E-state index is 0.0420. The second kappa shape index (κ2) is 8.38. The Morgan fingerprint density at radius 1 is 0.933 bits per heavy atom. The fraction of sp³-hybridized carbons (Fsp3) is 0.0909. The minimum Gasteiger partial charge on any atom is -0.343 e. The van der Waals surface area contributed by atoms with Crippen LogP contribution in [0.25, 0.3) is 6.08 Å². The van der Waals surface area contributed by atoms with E-state index in [1.54, 1.807) is 42.6 Å². The summed E-state index contributed by atoms with van der Waals surface area (Å²) in [6.45, 7) is 0.504. The molecule has 7 nitrogen and oxygen atoms in total. The van der Waals surface area contributed by atoms with Crippen LogP contribution in [-0.4, -0.2) is 25.5 Å². The van der Waals surface area contributed by atoms with Gasteiger partial charge in [0.15, 0.2) is 0 Å². The average molecular weight is 419 g/mol. The number of amides is 2. The van der Waals surface area contributed by atoms with Crippen LogP contribution < -0.4 is 0 Å². The predicted octanol–water partition coefficient (Wildman–Crippen LogP) is 4.68. The maximum atomic E-state index is 12.8. The molecule has 150 valence electrons. The molecular formula is C22H17N3O4S. The zero-order valence-corrected chi connectivity index (χ0v) is 16.6. The van der Waals surface area contributed by atoms with Crippen molar-refractivity contribution >= 4 is 34.7 Å². The van der Waals surface area contributed by atoms with E-state index in [1.165, 1.54) is 11.0 Å². The Morgan fingerprint density at radius 3 is 2.43 bits per heavy atom. The molecule has 0 unspecified atom stereocenters. The van der Waals surface area contributed by atoms with E-state index in [-0.39, 0.29) is 29.9 Å². The lowest BCUT2D eigenvalue weighted by Gasteiger charge is -2.12. The number of carbonyl (C=O) groups is 2. The molecule has 8 heteroatoms. The number of benzene rings is 2. The Labute approximate surface area is 176 Å². The van der Waals surface area contributed by atoms with Gasteiger partial charge < -0.3 is 4.57 Å². The van der Waals surface area contributed by atoms with Gasteiger partial charge in [-0.15, -0.1) is 0 Å². The van der Waals surface area contributed by atoms with Crippen LogP contribution in [0.4, 0.5) is 10.5 Å². The second-order valence-corrected chi connectivity index (χ2v) is 7.69. The lowest BCUT2D eigenvalue weighted by Crippen LogP contribution is -2.27. The van der Waals surface area contributed by atoms with Crippen LogP contribution in [0.5, 0.6) is 0 Å². The highest BCUT2D eigenvalue weighted by Gasteiger charge is 2.35. The molecule has 2 heterocycles. The molecular weight excluding hydrogens is 402 g/mol. The zero-order chi connectivity index (χ0) is 21.1. The molecule has 4 rings (SSSR count). The number of nitro groups is 1. The fourth-order valence-corrected chi connectivity index (χ4v) is 4.07. The third kappa shape index (κ3) is 4.04. The number of hydrogen-bond donors (Lipinski definition) is 0. The van der Waals surface area contributed by atoms with Gasteiger partial charge in [-0.1, -0.05) is 48.5 Å². The molecule has 0 saturated carbocycles. The Balaban J connectivity index is 1.57. The molecule has 1 aliphatic rings. The van der Waals surface area contributed by atoms with Crippen molar-refractivity contribution in [2.45, 2.75) is 13.1 Å². The third-order valence-electron chi connectivity index (χ3n) is 4.73. The van der Waals surface area contributed by atoms with E-state index in [1.807, 2.05) is 34.9 Å². The molecule has 0 atom stereocenters. The molecule has 1 aliphatic heterocycles. The van der Waals surface area contributed by atoms with Gasteiger partial charge in [0.05, 0.1) is 22.9 Å². The Bertz CT molecular complexity index is 1150. The number of nitro benzene ring substituents is 1. The fourth-order valence-electron chi connectivity index (χ4n) is 3.25. The van der Waals surface area contributed by atoms with Crippen molar-refractivity contribution in [1.82, 2.24) is 9.47 Å². The maximum absolute atomic E-state index is 12.8. The average Bonchev–Trinajstić information content (AvgIpc) is 3.28. The smallest absolute Gasteiger partial charge is 0.293 e. The second-order valence-electron chi connectivity index (χ2n) is 6.70.